The Bertz CT molecular complexity index is 683. The lowest BCUT2D eigenvalue weighted by Crippen LogP contribution is -2.28. The standard InChI is InChI=1S/C17H21N3O3/c1-12-4-3-5-13(8-12)9-15-18-17(23-19-15)14-10-16(21)20(11-14)6-7-22-2/h3-5,8,14H,6-7,9-11H2,1-2H3. The van der Waals surface area contributed by atoms with Gasteiger partial charge in [-0.1, -0.05) is 35.0 Å². The average Bonchev–Trinajstić information content (AvgIpc) is 3.12. The lowest BCUT2D eigenvalue weighted by atomic mass is 10.1. The molecule has 0 radical (unpaired) electrons. The molecule has 1 aromatic heterocycles. The fourth-order valence-electron chi connectivity index (χ4n) is 2.86. The van der Waals surface area contributed by atoms with E-state index < -0.39 is 0 Å². The zero-order valence-electron chi connectivity index (χ0n) is 13.5. The Labute approximate surface area is 135 Å². The number of aryl methyl sites for hydroxylation is 1. The number of rotatable bonds is 6. The number of carbonyl (C=O) groups excluding carboxylic acids is 1. The first-order valence-electron chi connectivity index (χ1n) is 7.80. The molecule has 1 amide bonds. The summed E-state index contributed by atoms with van der Waals surface area (Å²) in [6, 6.07) is 8.25. The molecule has 0 aliphatic carbocycles. The first-order chi connectivity index (χ1) is 11.2. The van der Waals surface area contributed by atoms with Gasteiger partial charge >= 0.3 is 0 Å². The van der Waals surface area contributed by atoms with E-state index in [1.165, 1.54) is 5.56 Å². The summed E-state index contributed by atoms with van der Waals surface area (Å²) < 4.78 is 10.4. The molecule has 2 heterocycles. The fraction of sp³-hybridized carbons (Fsp3) is 0.471. The molecular weight excluding hydrogens is 294 g/mol. The summed E-state index contributed by atoms with van der Waals surface area (Å²) in [4.78, 5) is 18.2. The van der Waals surface area contributed by atoms with Crippen molar-refractivity contribution < 1.29 is 14.1 Å². The Morgan fingerprint density at radius 2 is 2.30 bits per heavy atom. The molecule has 1 unspecified atom stereocenters. The second-order valence-electron chi connectivity index (χ2n) is 5.95. The van der Waals surface area contributed by atoms with E-state index in [4.69, 9.17) is 9.26 Å². The molecule has 2 aromatic rings. The van der Waals surface area contributed by atoms with Crippen molar-refractivity contribution in [3.63, 3.8) is 0 Å². The fourth-order valence-corrected chi connectivity index (χ4v) is 2.86. The van der Waals surface area contributed by atoms with Crippen LogP contribution in [-0.2, 0) is 16.0 Å². The molecule has 1 atom stereocenters. The van der Waals surface area contributed by atoms with Crippen molar-refractivity contribution in [2.24, 2.45) is 0 Å². The van der Waals surface area contributed by atoms with Gasteiger partial charge in [0.2, 0.25) is 11.8 Å². The van der Waals surface area contributed by atoms with Crippen LogP contribution in [0.4, 0.5) is 0 Å². The van der Waals surface area contributed by atoms with Gasteiger partial charge in [-0.05, 0) is 12.5 Å². The van der Waals surface area contributed by atoms with Gasteiger partial charge in [0.1, 0.15) is 0 Å². The average molecular weight is 315 g/mol. The van der Waals surface area contributed by atoms with Crippen LogP contribution in [-0.4, -0.2) is 47.8 Å². The summed E-state index contributed by atoms with van der Waals surface area (Å²) in [6.45, 7) is 3.83. The number of amides is 1. The van der Waals surface area contributed by atoms with Gasteiger partial charge in [-0.2, -0.15) is 4.98 Å². The molecule has 6 nitrogen and oxygen atoms in total. The number of likely N-dealkylation sites (tertiary alicyclic amines) is 1. The van der Waals surface area contributed by atoms with Crippen LogP contribution < -0.4 is 0 Å². The Hall–Kier alpha value is -2.21. The maximum atomic E-state index is 12.0. The minimum Gasteiger partial charge on any atom is -0.383 e. The third kappa shape index (κ3) is 3.76. The van der Waals surface area contributed by atoms with Crippen LogP contribution in [0.25, 0.3) is 0 Å². The van der Waals surface area contributed by atoms with E-state index in [9.17, 15) is 4.79 Å². The number of nitrogens with zero attached hydrogens (tertiary/aromatic N) is 3. The molecule has 3 rings (SSSR count). The lowest BCUT2D eigenvalue weighted by Gasteiger charge is -2.14. The largest absolute Gasteiger partial charge is 0.383 e. The summed E-state index contributed by atoms with van der Waals surface area (Å²) in [5, 5.41) is 4.06. The Morgan fingerprint density at radius 3 is 3.09 bits per heavy atom. The van der Waals surface area contributed by atoms with Gasteiger partial charge in [-0.15, -0.1) is 0 Å². The lowest BCUT2D eigenvalue weighted by molar-refractivity contribution is -0.128. The van der Waals surface area contributed by atoms with Crippen molar-refractivity contribution in [3.05, 3.63) is 47.1 Å². The predicted molar refractivity (Wildman–Crippen MR) is 84.1 cm³/mol. The van der Waals surface area contributed by atoms with Crippen molar-refractivity contribution in [2.75, 3.05) is 26.8 Å². The van der Waals surface area contributed by atoms with E-state index in [2.05, 4.69) is 35.3 Å². The Kier molecular flexibility index (Phi) is 4.71. The van der Waals surface area contributed by atoms with Crippen molar-refractivity contribution >= 4 is 5.91 Å². The minimum atomic E-state index is -0.0156. The Balaban J connectivity index is 1.64. The first kappa shape index (κ1) is 15.7. The second kappa shape index (κ2) is 6.91. The van der Waals surface area contributed by atoms with Gasteiger partial charge in [0.15, 0.2) is 5.82 Å². The van der Waals surface area contributed by atoms with Crippen molar-refractivity contribution in [1.29, 1.82) is 0 Å². The van der Waals surface area contributed by atoms with Crippen molar-refractivity contribution in [1.82, 2.24) is 15.0 Å². The molecule has 0 N–H and O–H groups in total. The second-order valence-corrected chi connectivity index (χ2v) is 5.95. The molecule has 122 valence electrons. The molecule has 1 fully saturated rings. The zero-order chi connectivity index (χ0) is 16.2. The molecule has 1 aromatic carbocycles. The highest BCUT2D eigenvalue weighted by Gasteiger charge is 2.33. The number of hydrogen-bond acceptors (Lipinski definition) is 5. The van der Waals surface area contributed by atoms with E-state index in [1.54, 1.807) is 12.0 Å². The normalized spacial score (nSPS) is 17.9. The van der Waals surface area contributed by atoms with E-state index in [0.29, 0.717) is 44.3 Å². The summed E-state index contributed by atoms with van der Waals surface area (Å²) in [6.07, 6.45) is 1.06. The van der Waals surface area contributed by atoms with Crippen LogP contribution in [0, 0.1) is 6.92 Å². The van der Waals surface area contributed by atoms with Crippen LogP contribution in [0.1, 0.15) is 35.2 Å². The Morgan fingerprint density at radius 1 is 1.43 bits per heavy atom. The summed E-state index contributed by atoms with van der Waals surface area (Å²) in [5.74, 6) is 1.32. The maximum Gasteiger partial charge on any atom is 0.232 e. The van der Waals surface area contributed by atoms with Crippen LogP contribution in [0.5, 0.6) is 0 Å². The topological polar surface area (TPSA) is 68.5 Å². The maximum absolute atomic E-state index is 12.0. The number of aromatic nitrogens is 2. The van der Waals surface area contributed by atoms with Crippen LogP contribution >= 0.6 is 0 Å². The van der Waals surface area contributed by atoms with Gasteiger partial charge in [0, 0.05) is 33.0 Å². The molecule has 0 bridgehead atoms. The third-order valence-corrected chi connectivity index (χ3v) is 4.06. The molecule has 0 spiro atoms. The zero-order valence-corrected chi connectivity index (χ0v) is 13.5. The van der Waals surface area contributed by atoms with Gasteiger partial charge in [0.05, 0.1) is 12.5 Å². The smallest absolute Gasteiger partial charge is 0.232 e. The molecule has 6 heteroatoms. The highest BCUT2D eigenvalue weighted by Crippen LogP contribution is 2.27. The van der Waals surface area contributed by atoms with Crippen molar-refractivity contribution in [3.8, 4) is 0 Å². The number of methoxy groups -OCH3 is 1. The monoisotopic (exact) mass is 315 g/mol. The van der Waals surface area contributed by atoms with E-state index >= 15 is 0 Å². The number of hydrogen-bond donors (Lipinski definition) is 0. The molecule has 1 aliphatic rings. The van der Waals surface area contributed by atoms with Gasteiger partial charge in [-0.25, -0.2) is 0 Å². The molecule has 0 saturated carbocycles. The molecule has 1 aliphatic heterocycles. The minimum absolute atomic E-state index is 0.0156. The van der Waals surface area contributed by atoms with Crippen LogP contribution in [0.15, 0.2) is 28.8 Å². The van der Waals surface area contributed by atoms with E-state index in [-0.39, 0.29) is 11.8 Å². The molecular formula is C17H21N3O3. The number of benzene rings is 1. The van der Waals surface area contributed by atoms with Gasteiger partial charge in [-0.3, -0.25) is 4.79 Å². The van der Waals surface area contributed by atoms with Gasteiger partial charge < -0.3 is 14.2 Å². The quantitative estimate of drug-likeness (QED) is 0.815. The SMILES string of the molecule is COCCN1CC(c2nc(Cc3cccc(C)c3)no2)CC1=O. The van der Waals surface area contributed by atoms with Crippen molar-refractivity contribution in [2.45, 2.75) is 25.7 Å². The van der Waals surface area contributed by atoms with E-state index in [1.807, 2.05) is 6.07 Å². The van der Waals surface area contributed by atoms with Gasteiger partial charge in [0.25, 0.3) is 0 Å². The van der Waals surface area contributed by atoms with E-state index in [0.717, 1.165) is 5.56 Å². The third-order valence-electron chi connectivity index (χ3n) is 4.06. The predicted octanol–water partition coefficient (Wildman–Crippen LogP) is 1.93. The number of ether oxygens (including phenoxy) is 1. The highest BCUT2D eigenvalue weighted by molar-refractivity contribution is 5.79. The molecule has 23 heavy (non-hydrogen) atoms. The van der Waals surface area contributed by atoms with Crippen LogP contribution in [0.2, 0.25) is 0 Å². The first-order valence-corrected chi connectivity index (χ1v) is 7.80. The summed E-state index contributed by atoms with van der Waals surface area (Å²) in [5.41, 5.74) is 2.36. The van der Waals surface area contributed by atoms with Crippen LogP contribution in [0.3, 0.4) is 0 Å². The summed E-state index contributed by atoms with van der Waals surface area (Å²) in [7, 11) is 1.63. The number of carbonyl (C=O) groups is 1. The molecule has 1 saturated heterocycles. The highest BCUT2D eigenvalue weighted by atomic mass is 16.5. The summed E-state index contributed by atoms with van der Waals surface area (Å²) >= 11 is 0.